The van der Waals surface area contributed by atoms with Crippen LogP contribution in [0.2, 0.25) is 0 Å². The number of ketones is 1. The maximum absolute atomic E-state index is 12.3. The Labute approximate surface area is 194 Å². The summed E-state index contributed by atoms with van der Waals surface area (Å²) in [5.74, 6) is -0.117. The summed E-state index contributed by atoms with van der Waals surface area (Å²) in [5.41, 5.74) is 1.51. The first kappa shape index (κ1) is 27.9. The largest absolute Gasteiger partial charge is 2.00 e. The second kappa shape index (κ2) is 13.3. The van der Waals surface area contributed by atoms with E-state index in [-0.39, 0.29) is 33.7 Å². The Morgan fingerprint density at radius 2 is 1.43 bits per heavy atom. The van der Waals surface area contributed by atoms with Crippen LogP contribution in [0.5, 0.6) is 0 Å². The topological polar surface area (TPSA) is 90.6 Å². The Morgan fingerprint density at radius 1 is 0.933 bits per heavy atom. The van der Waals surface area contributed by atoms with Gasteiger partial charge in [0.25, 0.3) is 0 Å². The predicted molar refractivity (Wildman–Crippen MR) is 113 cm³/mol. The number of nitrogens with zero attached hydrogens (tertiary/aromatic N) is 4. The van der Waals surface area contributed by atoms with Crippen LogP contribution in [0.3, 0.4) is 0 Å². The van der Waals surface area contributed by atoms with Crippen LogP contribution in [0.1, 0.15) is 36.7 Å². The van der Waals surface area contributed by atoms with E-state index in [0.29, 0.717) is 23.4 Å². The van der Waals surface area contributed by atoms with Crippen molar-refractivity contribution in [3.05, 3.63) is 35.4 Å². The number of alkyl halides is 3. The van der Waals surface area contributed by atoms with Crippen LogP contribution in [0, 0.1) is 0 Å². The molecule has 2 N–H and O–H groups in total. The molecular weight excluding hydrogens is 489 g/mol. The summed E-state index contributed by atoms with van der Waals surface area (Å²) >= 11 is 9.72. The maximum Gasteiger partial charge on any atom is 2.00 e. The summed E-state index contributed by atoms with van der Waals surface area (Å²) in [7, 11) is 0. The molecule has 0 unspecified atom stereocenters. The minimum atomic E-state index is -4.44. The van der Waals surface area contributed by atoms with E-state index in [4.69, 9.17) is 25.3 Å². The molecule has 0 bridgehead atoms. The van der Waals surface area contributed by atoms with Crippen LogP contribution in [0.15, 0.2) is 44.7 Å². The van der Waals surface area contributed by atoms with Crippen molar-refractivity contribution in [1.82, 2.24) is 10.6 Å². The summed E-state index contributed by atoms with van der Waals surface area (Å²) in [4.78, 5) is 11.4. The fourth-order valence-electron chi connectivity index (χ4n) is 1.86. The number of hydrogen-bond acceptors (Lipinski definition) is 7. The first-order chi connectivity index (χ1) is 13.5. The van der Waals surface area contributed by atoms with Gasteiger partial charge >= 0.3 is 23.2 Å². The van der Waals surface area contributed by atoms with Crippen molar-refractivity contribution in [2.24, 2.45) is 20.4 Å². The number of rotatable bonds is 7. The third-order valence-electron chi connectivity index (χ3n) is 3.21. The van der Waals surface area contributed by atoms with E-state index in [2.05, 4.69) is 25.7 Å². The van der Waals surface area contributed by atoms with E-state index in [1.807, 2.05) is 12.2 Å². The summed E-state index contributed by atoms with van der Waals surface area (Å²) < 4.78 is 36.8. The third kappa shape index (κ3) is 10.6. The van der Waals surface area contributed by atoms with Crippen molar-refractivity contribution in [3.8, 4) is 0 Å². The Morgan fingerprint density at radius 3 is 1.93 bits per heavy atom. The van der Waals surface area contributed by atoms with E-state index < -0.39 is 17.9 Å². The molecule has 13 heteroatoms. The molecule has 0 heterocycles. The zero-order valence-electron chi connectivity index (χ0n) is 16.2. The molecule has 0 aliphatic carbocycles. The smallest absolute Gasteiger partial charge is 0.741 e. The van der Waals surface area contributed by atoms with Gasteiger partial charge in [-0.2, -0.15) is 28.5 Å². The molecule has 0 amide bonds. The monoisotopic (exact) mass is 507 g/mol. The van der Waals surface area contributed by atoms with E-state index in [9.17, 15) is 18.0 Å². The van der Waals surface area contributed by atoms with Crippen molar-refractivity contribution in [2.75, 3.05) is 13.1 Å². The van der Waals surface area contributed by atoms with Crippen molar-refractivity contribution in [2.45, 2.75) is 26.9 Å². The van der Waals surface area contributed by atoms with Crippen LogP contribution in [-0.2, 0) is 42.3 Å². The van der Waals surface area contributed by atoms with Crippen LogP contribution in [0.4, 0.5) is 13.2 Å². The summed E-state index contributed by atoms with van der Waals surface area (Å²) in [6.45, 7) is 4.09. The molecule has 167 valence electrons. The molecule has 0 aliphatic rings. The first-order valence-corrected chi connectivity index (χ1v) is 9.13. The molecule has 0 spiro atoms. The number of carbonyl (C=O) groups is 1. The minimum Gasteiger partial charge on any atom is -0.741 e. The van der Waals surface area contributed by atoms with E-state index in [1.165, 1.54) is 6.92 Å². The van der Waals surface area contributed by atoms with E-state index in [0.717, 1.165) is 0 Å². The van der Waals surface area contributed by atoms with Gasteiger partial charge in [-0.3, -0.25) is 4.79 Å². The fourth-order valence-corrected chi connectivity index (χ4v) is 2.16. The normalized spacial score (nSPS) is 13.5. The zero-order valence-corrected chi connectivity index (χ0v) is 18.7. The molecule has 1 aromatic rings. The Balaban J connectivity index is 0.00000841. The molecule has 0 saturated heterocycles. The average Bonchev–Trinajstić information content (AvgIpc) is 2.65. The van der Waals surface area contributed by atoms with Gasteiger partial charge in [0.15, 0.2) is 5.78 Å². The van der Waals surface area contributed by atoms with Crippen LogP contribution in [0.25, 0.3) is 0 Å². The number of halogens is 3. The molecule has 1 radical (unpaired) electrons. The fraction of sp³-hybridized carbons (Fsp3) is 0.353. The number of Topliss-reactive ketones (excluding diaryl/α,β-unsaturated/α-hetero) is 1. The number of hydrogen-bond donors (Lipinski definition) is 2. The van der Waals surface area contributed by atoms with Gasteiger partial charge in [-0.05, 0) is 31.1 Å². The third-order valence-corrected chi connectivity index (χ3v) is 3.66. The minimum absolute atomic E-state index is 0. The molecule has 1 aromatic carbocycles. The van der Waals surface area contributed by atoms with Crippen LogP contribution in [-0.4, -0.2) is 46.8 Å². The van der Waals surface area contributed by atoms with E-state index in [1.54, 1.807) is 31.2 Å². The van der Waals surface area contributed by atoms with Crippen molar-refractivity contribution in [1.29, 1.82) is 0 Å². The van der Waals surface area contributed by atoms with Crippen LogP contribution >= 0.6 is 0 Å². The maximum atomic E-state index is 12.3. The van der Waals surface area contributed by atoms with Crippen molar-refractivity contribution >= 4 is 52.8 Å². The van der Waals surface area contributed by atoms with Gasteiger partial charge in [0.05, 0.1) is 5.71 Å². The molecule has 30 heavy (non-hydrogen) atoms. The predicted octanol–water partition coefficient (Wildman–Crippen LogP) is 2.53. The van der Waals surface area contributed by atoms with Crippen LogP contribution < -0.4 is 10.6 Å². The molecule has 0 aromatic heterocycles. The van der Waals surface area contributed by atoms with Gasteiger partial charge in [0.2, 0.25) is 0 Å². The summed E-state index contributed by atoms with van der Waals surface area (Å²) in [5, 5.41) is 19.8. The van der Waals surface area contributed by atoms with Crippen molar-refractivity contribution < 1.29 is 35.0 Å². The molecular formula is C17H19CuF3N6OS2. The average molecular weight is 508 g/mol. The molecule has 1 rings (SSSR count). The molecule has 7 nitrogen and oxygen atoms in total. The number of amidine groups is 2. The quantitative estimate of drug-likeness (QED) is 0.148. The Hall–Kier alpha value is -2.08. The molecule has 0 atom stereocenters. The van der Waals surface area contributed by atoms with Gasteiger partial charge in [-0.1, -0.05) is 24.3 Å². The molecule has 0 saturated carbocycles. The zero-order chi connectivity index (χ0) is 22.0. The van der Waals surface area contributed by atoms with E-state index >= 15 is 0 Å². The van der Waals surface area contributed by atoms with Crippen molar-refractivity contribution in [3.63, 3.8) is 0 Å². The van der Waals surface area contributed by atoms with Gasteiger partial charge < -0.3 is 35.9 Å². The Bertz CT molecular complexity index is 839. The molecule has 0 aliphatic heterocycles. The summed E-state index contributed by atoms with van der Waals surface area (Å²) in [6.07, 6.45) is -4.44. The first-order valence-electron chi connectivity index (χ1n) is 8.31. The number of carbonyl (C=O) groups excluding carboxylic acids is 1. The summed E-state index contributed by atoms with van der Waals surface area (Å²) in [6, 6.07) is 6.39. The molecule has 0 fully saturated rings. The van der Waals surface area contributed by atoms with Gasteiger partial charge in [-0.15, -0.1) is 5.10 Å². The number of benzene rings is 1. The SMILES string of the molecule is CCNC([S-])=NN=C(C)C(=NN=C([S-])NCC(F)(F)F)c1ccc(C(C)=O)cc1.[Cu+2]. The second-order valence-corrected chi connectivity index (χ2v) is 6.35. The number of nitrogens with one attached hydrogen (secondary N) is 2. The van der Waals surface area contributed by atoms with Gasteiger partial charge in [-0.25, -0.2) is 0 Å². The van der Waals surface area contributed by atoms with Gasteiger partial charge in [0.1, 0.15) is 12.3 Å². The second-order valence-electron chi connectivity index (χ2n) is 5.58. The Kier molecular flexibility index (Phi) is 12.3. The standard InChI is InChI=1S/C17H21F3N6OS2.Cu/c1-4-21-15(28)25-23-10(2)14(13-7-5-12(6-8-13)11(3)27)24-26-16(29)22-9-17(18,19)20;/h5-8H,4,9H2,1-3H3,(H2,21,25,28)(H2,22,26,29);/q;+2/p-2. The van der Waals surface area contributed by atoms with Gasteiger partial charge in [0, 0.05) is 17.7 Å².